The number of aliphatic hydroxyl groups excluding tert-OH is 1. The van der Waals surface area contributed by atoms with Crippen LogP contribution in [0.4, 0.5) is 4.79 Å². The third-order valence-electron chi connectivity index (χ3n) is 5.68. The predicted octanol–water partition coefficient (Wildman–Crippen LogP) is 6.45. The van der Waals surface area contributed by atoms with E-state index in [0.29, 0.717) is 0 Å². The summed E-state index contributed by atoms with van der Waals surface area (Å²) in [7, 11) is 0. The van der Waals surface area contributed by atoms with E-state index in [4.69, 9.17) is 4.74 Å². The fourth-order valence-electron chi connectivity index (χ4n) is 4.04. The highest BCUT2D eigenvalue weighted by Crippen LogP contribution is 2.29. The Labute approximate surface area is 168 Å². The molecule has 3 atom stereocenters. The van der Waals surface area contributed by atoms with E-state index in [1.165, 1.54) is 57.8 Å². The zero-order chi connectivity index (χ0) is 20.3. The standard InChI is InChI=1S/C23H45NO3/c1-6-7-8-9-10-11-12-13-14-15-16-20-17-18-21(25)19(2)24(20)22(26)27-23(3,4)5/h19-21,25H,6-18H2,1-5H3/t19-,20+,21+/m1/s1. The third kappa shape index (κ3) is 9.82. The largest absolute Gasteiger partial charge is 0.444 e. The lowest BCUT2D eigenvalue weighted by Crippen LogP contribution is -2.55. The van der Waals surface area contributed by atoms with E-state index in [9.17, 15) is 9.90 Å². The van der Waals surface area contributed by atoms with Gasteiger partial charge in [-0.2, -0.15) is 0 Å². The van der Waals surface area contributed by atoms with Gasteiger partial charge in [-0.15, -0.1) is 0 Å². The van der Waals surface area contributed by atoms with Crippen LogP contribution in [0, 0.1) is 0 Å². The number of carbonyl (C=O) groups is 1. The second-order valence-corrected chi connectivity index (χ2v) is 9.40. The van der Waals surface area contributed by atoms with E-state index < -0.39 is 11.7 Å². The number of amides is 1. The van der Waals surface area contributed by atoms with Crippen LogP contribution in [0.15, 0.2) is 0 Å². The SMILES string of the molecule is CCCCCCCCCCCC[C@H]1CC[C@H](O)[C@@H](C)N1C(=O)OC(C)(C)C. The van der Waals surface area contributed by atoms with Gasteiger partial charge in [-0.25, -0.2) is 4.79 Å². The number of likely N-dealkylation sites (tertiary alicyclic amines) is 1. The second-order valence-electron chi connectivity index (χ2n) is 9.40. The van der Waals surface area contributed by atoms with Crippen molar-refractivity contribution in [1.82, 2.24) is 4.90 Å². The van der Waals surface area contributed by atoms with Crippen molar-refractivity contribution in [3.8, 4) is 0 Å². The predicted molar refractivity (Wildman–Crippen MR) is 113 cm³/mol. The maximum Gasteiger partial charge on any atom is 0.410 e. The first-order valence-corrected chi connectivity index (χ1v) is 11.5. The molecular weight excluding hydrogens is 338 g/mol. The van der Waals surface area contributed by atoms with Crippen molar-refractivity contribution in [2.45, 2.75) is 142 Å². The fraction of sp³-hybridized carbons (Fsp3) is 0.957. The Hall–Kier alpha value is -0.770. The Kier molecular flexibility index (Phi) is 11.4. The van der Waals surface area contributed by atoms with Crippen molar-refractivity contribution in [2.24, 2.45) is 0 Å². The molecule has 0 aromatic heterocycles. The van der Waals surface area contributed by atoms with Crippen molar-refractivity contribution in [3.05, 3.63) is 0 Å². The maximum atomic E-state index is 12.7. The topological polar surface area (TPSA) is 49.8 Å². The van der Waals surface area contributed by atoms with Crippen LogP contribution in [0.5, 0.6) is 0 Å². The Morgan fingerprint density at radius 3 is 2.00 bits per heavy atom. The number of piperidine rings is 1. The molecule has 27 heavy (non-hydrogen) atoms. The Morgan fingerprint density at radius 2 is 1.48 bits per heavy atom. The number of hydrogen-bond acceptors (Lipinski definition) is 3. The van der Waals surface area contributed by atoms with E-state index >= 15 is 0 Å². The van der Waals surface area contributed by atoms with Gasteiger partial charge in [0.1, 0.15) is 5.60 Å². The molecule has 1 heterocycles. The van der Waals surface area contributed by atoms with Crippen molar-refractivity contribution < 1.29 is 14.6 Å². The molecule has 1 aliphatic rings. The molecule has 1 aliphatic heterocycles. The van der Waals surface area contributed by atoms with E-state index in [1.54, 1.807) is 0 Å². The molecule has 1 rings (SSSR count). The van der Waals surface area contributed by atoms with Gasteiger partial charge in [0.05, 0.1) is 12.1 Å². The molecule has 0 aromatic rings. The molecule has 1 N–H and O–H groups in total. The molecule has 1 fully saturated rings. The van der Waals surface area contributed by atoms with Crippen LogP contribution in [0.25, 0.3) is 0 Å². The second kappa shape index (κ2) is 12.6. The number of rotatable bonds is 11. The molecule has 0 aromatic carbocycles. The van der Waals surface area contributed by atoms with E-state index in [-0.39, 0.29) is 18.2 Å². The Balaban J connectivity index is 2.31. The number of ether oxygens (including phenoxy) is 1. The lowest BCUT2D eigenvalue weighted by molar-refractivity contribution is -0.0401. The number of unbranched alkanes of at least 4 members (excludes halogenated alkanes) is 9. The average Bonchev–Trinajstić information content (AvgIpc) is 2.58. The van der Waals surface area contributed by atoms with Gasteiger partial charge in [-0.1, -0.05) is 71.1 Å². The molecule has 0 bridgehead atoms. The molecule has 4 heteroatoms. The van der Waals surface area contributed by atoms with Gasteiger partial charge in [0.25, 0.3) is 0 Å². The molecule has 1 saturated heterocycles. The lowest BCUT2D eigenvalue weighted by atomic mass is 9.91. The fourth-order valence-corrected chi connectivity index (χ4v) is 4.04. The minimum absolute atomic E-state index is 0.165. The highest BCUT2D eigenvalue weighted by atomic mass is 16.6. The van der Waals surface area contributed by atoms with Crippen molar-refractivity contribution in [3.63, 3.8) is 0 Å². The van der Waals surface area contributed by atoms with Gasteiger partial charge < -0.3 is 9.84 Å². The first-order chi connectivity index (χ1) is 12.8. The average molecular weight is 384 g/mol. The molecule has 0 radical (unpaired) electrons. The number of carbonyl (C=O) groups excluding carboxylic acids is 1. The summed E-state index contributed by atoms with van der Waals surface area (Å²) in [5, 5.41) is 10.2. The van der Waals surface area contributed by atoms with Crippen molar-refractivity contribution in [2.75, 3.05) is 0 Å². The minimum Gasteiger partial charge on any atom is -0.444 e. The number of hydrogen-bond donors (Lipinski definition) is 1. The van der Waals surface area contributed by atoms with Crippen LogP contribution in [-0.4, -0.2) is 39.9 Å². The maximum absolute atomic E-state index is 12.7. The molecule has 0 unspecified atom stereocenters. The highest BCUT2D eigenvalue weighted by Gasteiger charge is 2.38. The van der Waals surface area contributed by atoms with Crippen LogP contribution in [0.1, 0.15) is 118 Å². The van der Waals surface area contributed by atoms with Crippen LogP contribution < -0.4 is 0 Å². The monoisotopic (exact) mass is 383 g/mol. The third-order valence-corrected chi connectivity index (χ3v) is 5.68. The summed E-state index contributed by atoms with van der Waals surface area (Å²) in [6.45, 7) is 9.89. The first-order valence-electron chi connectivity index (χ1n) is 11.5. The number of nitrogens with zero attached hydrogens (tertiary/aromatic N) is 1. The van der Waals surface area contributed by atoms with Crippen molar-refractivity contribution in [1.29, 1.82) is 0 Å². The molecule has 4 nitrogen and oxygen atoms in total. The summed E-state index contributed by atoms with van der Waals surface area (Å²) in [5.74, 6) is 0. The zero-order valence-corrected chi connectivity index (χ0v) is 18.6. The number of aliphatic hydroxyl groups is 1. The van der Waals surface area contributed by atoms with E-state index in [0.717, 1.165) is 25.7 Å². The molecule has 1 amide bonds. The van der Waals surface area contributed by atoms with Crippen LogP contribution in [0.2, 0.25) is 0 Å². The normalized spacial score (nSPS) is 23.5. The van der Waals surface area contributed by atoms with E-state index in [1.807, 2.05) is 32.6 Å². The summed E-state index contributed by atoms with van der Waals surface area (Å²) < 4.78 is 5.60. The first kappa shape index (κ1) is 24.3. The van der Waals surface area contributed by atoms with Gasteiger partial charge >= 0.3 is 6.09 Å². The summed E-state index contributed by atoms with van der Waals surface area (Å²) in [4.78, 5) is 14.5. The smallest absolute Gasteiger partial charge is 0.410 e. The Morgan fingerprint density at radius 1 is 0.963 bits per heavy atom. The van der Waals surface area contributed by atoms with Gasteiger partial charge in [0.2, 0.25) is 0 Å². The quantitative estimate of drug-likeness (QED) is 0.417. The van der Waals surface area contributed by atoms with Crippen LogP contribution in [-0.2, 0) is 4.74 Å². The highest BCUT2D eigenvalue weighted by molar-refractivity contribution is 5.69. The summed E-state index contributed by atoms with van der Waals surface area (Å²) >= 11 is 0. The summed E-state index contributed by atoms with van der Waals surface area (Å²) in [6, 6.07) is 0.0361. The zero-order valence-electron chi connectivity index (χ0n) is 18.6. The Bertz CT molecular complexity index is 405. The van der Waals surface area contributed by atoms with Crippen molar-refractivity contribution >= 4 is 6.09 Å². The van der Waals surface area contributed by atoms with Gasteiger partial charge in [-0.3, -0.25) is 4.90 Å². The van der Waals surface area contributed by atoms with Gasteiger partial charge in [-0.05, 0) is 47.0 Å². The molecule has 160 valence electrons. The molecule has 0 spiro atoms. The minimum atomic E-state index is -0.499. The van der Waals surface area contributed by atoms with E-state index in [2.05, 4.69) is 6.92 Å². The van der Waals surface area contributed by atoms with Gasteiger partial charge in [0, 0.05) is 6.04 Å². The summed E-state index contributed by atoms with van der Waals surface area (Å²) in [6.07, 6.45) is 15.2. The molecule has 0 aliphatic carbocycles. The molecule has 0 saturated carbocycles. The lowest BCUT2D eigenvalue weighted by Gasteiger charge is -2.43. The van der Waals surface area contributed by atoms with Crippen LogP contribution >= 0.6 is 0 Å². The van der Waals surface area contributed by atoms with Gasteiger partial charge in [0.15, 0.2) is 0 Å². The summed E-state index contributed by atoms with van der Waals surface area (Å²) in [5.41, 5.74) is -0.499. The van der Waals surface area contributed by atoms with Crippen LogP contribution in [0.3, 0.4) is 0 Å². The molecular formula is C23H45NO3.